The standard InChI is InChI=1S/C22H23NO3/c1-22(2,3)19-13-16(23-11-10-17(24)14-20(23)25)12-18(21(19)26-4)15-8-6-5-7-9-15/h5-13H,14H2,1-4H3. The molecule has 4 heteroatoms. The topological polar surface area (TPSA) is 46.6 Å². The zero-order chi connectivity index (χ0) is 18.9. The van der Waals surface area contributed by atoms with Crippen LogP contribution in [-0.4, -0.2) is 18.8 Å². The van der Waals surface area contributed by atoms with E-state index in [0.29, 0.717) is 0 Å². The number of carbonyl (C=O) groups is 2. The highest BCUT2D eigenvalue weighted by molar-refractivity contribution is 6.13. The van der Waals surface area contributed by atoms with Gasteiger partial charge >= 0.3 is 0 Å². The molecule has 0 aromatic heterocycles. The Morgan fingerprint density at radius 2 is 1.73 bits per heavy atom. The highest BCUT2D eigenvalue weighted by Crippen LogP contribution is 2.42. The van der Waals surface area contributed by atoms with Gasteiger partial charge in [-0.15, -0.1) is 0 Å². The van der Waals surface area contributed by atoms with Crippen molar-refractivity contribution in [2.24, 2.45) is 0 Å². The summed E-state index contributed by atoms with van der Waals surface area (Å²) in [5, 5.41) is 0. The largest absolute Gasteiger partial charge is 0.496 e. The highest BCUT2D eigenvalue weighted by atomic mass is 16.5. The number of benzene rings is 2. The molecular weight excluding hydrogens is 326 g/mol. The average Bonchev–Trinajstić information content (AvgIpc) is 2.60. The molecule has 0 radical (unpaired) electrons. The molecular formula is C22H23NO3. The molecule has 2 aromatic carbocycles. The lowest BCUT2D eigenvalue weighted by atomic mass is 9.83. The second kappa shape index (κ2) is 6.79. The number of rotatable bonds is 3. The molecule has 26 heavy (non-hydrogen) atoms. The number of nitrogens with zero attached hydrogens (tertiary/aromatic N) is 1. The van der Waals surface area contributed by atoms with Crippen LogP contribution in [0.3, 0.4) is 0 Å². The van der Waals surface area contributed by atoms with Crippen molar-refractivity contribution in [1.29, 1.82) is 0 Å². The summed E-state index contributed by atoms with van der Waals surface area (Å²) >= 11 is 0. The summed E-state index contributed by atoms with van der Waals surface area (Å²) in [5.74, 6) is 0.414. The van der Waals surface area contributed by atoms with Crippen LogP contribution in [0.25, 0.3) is 11.1 Å². The van der Waals surface area contributed by atoms with E-state index < -0.39 is 0 Å². The third-order valence-corrected chi connectivity index (χ3v) is 4.45. The molecule has 0 saturated heterocycles. The van der Waals surface area contributed by atoms with Crippen LogP contribution >= 0.6 is 0 Å². The Balaban J connectivity index is 2.25. The van der Waals surface area contributed by atoms with Gasteiger partial charge in [-0.3, -0.25) is 14.5 Å². The lowest BCUT2D eigenvalue weighted by molar-refractivity contribution is -0.124. The number of ketones is 1. The minimum Gasteiger partial charge on any atom is -0.496 e. The molecule has 4 nitrogen and oxygen atoms in total. The maximum atomic E-state index is 12.4. The second-order valence-electron chi connectivity index (χ2n) is 7.41. The van der Waals surface area contributed by atoms with Crippen molar-refractivity contribution in [1.82, 2.24) is 0 Å². The number of anilines is 1. The number of hydrogen-bond donors (Lipinski definition) is 0. The normalized spacial score (nSPS) is 14.7. The lowest BCUT2D eigenvalue weighted by Crippen LogP contribution is -2.31. The molecule has 0 spiro atoms. The van der Waals surface area contributed by atoms with Gasteiger partial charge in [0.15, 0.2) is 5.78 Å². The molecule has 1 heterocycles. The van der Waals surface area contributed by atoms with Gasteiger partial charge in [-0.05, 0) is 29.2 Å². The summed E-state index contributed by atoms with van der Waals surface area (Å²) in [6.07, 6.45) is 2.90. The summed E-state index contributed by atoms with van der Waals surface area (Å²) in [4.78, 5) is 25.4. The first-order valence-corrected chi connectivity index (χ1v) is 8.62. The van der Waals surface area contributed by atoms with Gasteiger partial charge in [0.2, 0.25) is 5.91 Å². The molecule has 1 aliphatic rings. The van der Waals surface area contributed by atoms with E-state index in [-0.39, 0.29) is 23.5 Å². The van der Waals surface area contributed by atoms with Gasteiger partial charge < -0.3 is 4.74 Å². The van der Waals surface area contributed by atoms with Crippen LogP contribution in [0.5, 0.6) is 5.75 Å². The predicted molar refractivity (Wildman–Crippen MR) is 103 cm³/mol. The molecule has 134 valence electrons. The van der Waals surface area contributed by atoms with Crippen LogP contribution in [0.1, 0.15) is 32.8 Å². The summed E-state index contributed by atoms with van der Waals surface area (Å²) in [6.45, 7) is 6.34. The molecule has 2 aromatic rings. The molecule has 1 aliphatic heterocycles. The van der Waals surface area contributed by atoms with E-state index in [1.165, 1.54) is 6.08 Å². The molecule has 0 N–H and O–H groups in total. The zero-order valence-electron chi connectivity index (χ0n) is 15.6. The van der Waals surface area contributed by atoms with Crippen molar-refractivity contribution in [3.8, 4) is 16.9 Å². The Morgan fingerprint density at radius 1 is 1.04 bits per heavy atom. The van der Waals surface area contributed by atoms with Crippen molar-refractivity contribution in [2.45, 2.75) is 32.6 Å². The van der Waals surface area contributed by atoms with E-state index in [2.05, 4.69) is 20.8 Å². The summed E-state index contributed by atoms with van der Waals surface area (Å²) in [5.41, 5.74) is 3.51. The van der Waals surface area contributed by atoms with Gasteiger partial charge in [0.1, 0.15) is 5.75 Å². The van der Waals surface area contributed by atoms with Gasteiger partial charge in [0, 0.05) is 23.0 Å². The smallest absolute Gasteiger partial charge is 0.238 e. The van der Waals surface area contributed by atoms with Crippen LogP contribution in [-0.2, 0) is 15.0 Å². The van der Waals surface area contributed by atoms with Crippen molar-refractivity contribution >= 4 is 17.4 Å². The number of ether oxygens (including phenoxy) is 1. The Labute approximate surface area is 154 Å². The zero-order valence-corrected chi connectivity index (χ0v) is 15.6. The SMILES string of the molecule is COc1c(-c2ccccc2)cc(N2C=CC(=O)CC2=O)cc1C(C)(C)C. The van der Waals surface area contributed by atoms with E-state index in [1.807, 2.05) is 42.5 Å². The van der Waals surface area contributed by atoms with Crippen LogP contribution in [0.15, 0.2) is 54.7 Å². The van der Waals surface area contributed by atoms with Crippen molar-refractivity contribution in [3.63, 3.8) is 0 Å². The second-order valence-corrected chi connectivity index (χ2v) is 7.41. The van der Waals surface area contributed by atoms with Crippen LogP contribution < -0.4 is 9.64 Å². The Kier molecular flexibility index (Phi) is 4.68. The molecule has 0 unspecified atom stereocenters. The van der Waals surface area contributed by atoms with E-state index in [4.69, 9.17) is 4.74 Å². The van der Waals surface area contributed by atoms with Gasteiger partial charge in [0.25, 0.3) is 0 Å². The number of amides is 1. The molecule has 0 atom stereocenters. The molecule has 0 aliphatic carbocycles. The first-order valence-electron chi connectivity index (χ1n) is 8.62. The number of methoxy groups -OCH3 is 1. The van der Waals surface area contributed by atoms with Crippen LogP contribution in [0.2, 0.25) is 0 Å². The van der Waals surface area contributed by atoms with Crippen LogP contribution in [0.4, 0.5) is 5.69 Å². The predicted octanol–water partition coefficient (Wildman–Crippen LogP) is 4.48. The van der Waals surface area contributed by atoms with Crippen molar-refractivity contribution in [2.75, 3.05) is 12.0 Å². The Hall–Kier alpha value is -2.88. The van der Waals surface area contributed by atoms with Crippen LogP contribution in [0, 0.1) is 0 Å². The Morgan fingerprint density at radius 3 is 2.31 bits per heavy atom. The average molecular weight is 349 g/mol. The summed E-state index contributed by atoms with van der Waals surface area (Å²) in [7, 11) is 1.67. The molecule has 1 amide bonds. The quantitative estimate of drug-likeness (QED) is 0.768. The molecule has 3 rings (SSSR count). The number of carbonyl (C=O) groups excluding carboxylic acids is 2. The maximum absolute atomic E-state index is 12.4. The fourth-order valence-corrected chi connectivity index (χ4v) is 3.13. The molecule has 0 saturated carbocycles. The van der Waals surface area contributed by atoms with Crippen molar-refractivity contribution in [3.05, 3.63) is 60.3 Å². The third kappa shape index (κ3) is 3.40. The Bertz CT molecular complexity index is 876. The highest BCUT2D eigenvalue weighted by Gasteiger charge is 2.27. The lowest BCUT2D eigenvalue weighted by Gasteiger charge is -2.28. The van der Waals surface area contributed by atoms with E-state index in [0.717, 1.165) is 28.1 Å². The monoisotopic (exact) mass is 349 g/mol. The van der Waals surface area contributed by atoms with Gasteiger partial charge in [-0.2, -0.15) is 0 Å². The van der Waals surface area contributed by atoms with Gasteiger partial charge in [-0.1, -0.05) is 51.1 Å². The summed E-state index contributed by atoms with van der Waals surface area (Å²) in [6, 6.07) is 13.9. The number of allylic oxidation sites excluding steroid dienone is 1. The van der Waals surface area contributed by atoms with Gasteiger partial charge in [0.05, 0.1) is 13.5 Å². The van der Waals surface area contributed by atoms with Crippen molar-refractivity contribution < 1.29 is 14.3 Å². The molecule has 0 fully saturated rings. The van der Waals surface area contributed by atoms with E-state index in [1.54, 1.807) is 18.2 Å². The fraction of sp³-hybridized carbons (Fsp3) is 0.273. The molecule has 0 bridgehead atoms. The minimum atomic E-state index is -0.221. The first kappa shape index (κ1) is 17.9. The van der Waals surface area contributed by atoms with E-state index in [9.17, 15) is 9.59 Å². The number of hydrogen-bond acceptors (Lipinski definition) is 3. The van der Waals surface area contributed by atoms with E-state index >= 15 is 0 Å². The summed E-state index contributed by atoms with van der Waals surface area (Å²) < 4.78 is 5.77. The first-order chi connectivity index (χ1) is 12.3. The minimum absolute atomic E-state index is 0.103. The third-order valence-electron chi connectivity index (χ3n) is 4.45. The fourth-order valence-electron chi connectivity index (χ4n) is 3.13. The van der Waals surface area contributed by atoms with Gasteiger partial charge in [-0.25, -0.2) is 0 Å². The maximum Gasteiger partial charge on any atom is 0.238 e.